The number of hydrogen-bond donors (Lipinski definition) is 1. The van der Waals surface area contributed by atoms with Crippen molar-refractivity contribution in [1.29, 1.82) is 0 Å². The summed E-state index contributed by atoms with van der Waals surface area (Å²) in [6.45, 7) is 0. The maximum Gasteiger partial charge on any atom is 0.112 e. The molecule has 3 rings (SSSR count). The van der Waals surface area contributed by atoms with Crippen LogP contribution in [0.4, 0.5) is 0 Å². The molecule has 0 aliphatic heterocycles. The number of imidazole rings is 1. The second kappa shape index (κ2) is 4.25. The third kappa shape index (κ3) is 1.95. The lowest BCUT2D eigenvalue weighted by Gasteiger charge is -2.38. The first-order valence-electron chi connectivity index (χ1n) is 6.52. The van der Waals surface area contributed by atoms with Crippen molar-refractivity contribution in [2.75, 3.05) is 0 Å². The zero-order valence-electron chi connectivity index (χ0n) is 10.8. The number of nitrogens with zero attached hydrogens (tertiary/aromatic N) is 2. The molecule has 0 saturated heterocycles. The van der Waals surface area contributed by atoms with Gasteiger partial charge in [0.25, 0.3) is 0 Å². The highest BCUT2D eigenvalue weighted by molar-refractivity contribution is 5.31. The highest BCUT2D eigenvalue weighted by Gasteiger charge is 2.33. The van der Waals surface area contributed by atoms with E-state index in [1.165, 1.54) is 17.5 Å². The van der Waals surface area contributed by atoms with Crippen LogP contribution in [0.5, 0.6) is 0 Å². The first kappa shape index (κ1) is 11.5. The third-order valence-electron chi connectivity index (χ3n) is 4.06. The summed E-state index contributed by atoms with van der Waals surface area (Å²) in [5.41, 5.74) is 8.83. The molecule has 2 aromatic rings. The lowest BCUT2D eigenvalue weighted by molar-refractivity contribution is 0.253. The van der Waals surface area contributed by atoms with Gasteiger partial charge in [0.1, 0.15) is 5.82 Å². The van der Waals surface area contributed by atoms with Crippen molar-refractivity contribution in [3.63, 3.8) is 0 Å². The molecule has 1 fully saturated rings. The minimum absolute atomic E-state index is 0.0538. The van der Waals surface area contributed by atoms with Crippen LogP contribution in [-0.4, -0.2) is 9.55 Å². The Hall–Kier alpha value is -1.61. The largest absolute Gasteiger partial charge is 0.338 e. The summed E-state index contributed by atoms with van der Waals surface area (Å²) >= 11 is 0. The van der Waals surface area contributed by atoms with Crippen LogP contribution >= 0.6 is 0 Å². The van der Waals surface area contributed by atoms with E-state index in [1.54, 1.807) is 0 Å². The van der Waals surface area contributed by atoms with Gasteiger partial charge in [0.05, 0.1) is 0 Å². The number of hydrogen-bond acceptors (Lipinski definition) is 2. The van der Waals surface area contributed by atoms with Crippen LogP contribution in [0.3, 0.4) is 0 Å². The summed E-state index contributed by atoms with van der Waals surface area (Å²) in [5, 5.41) is 0. The molecule has 0 radical (unpaired) electrons. The topological polar surface area (TPSA) is 43.8 Å². The molecule has 0 bridgehead atoms. The number of aromatic nitrogens is 2. The zero-order chi connectivity index (χ0) is 12.6. The number of aryl methyl sites for hydroxylation is 1. The first-order valence-corrected chi connectivity index (χ1v) is 6.52. The summed E-state index contributed by atoms with van der Waals surface area (Å²) in [5.74, 6) is 1.09. The van der Waals surface area contributed by atoms with E-state index in [9.17, 15) is 0 Å². The minimum Gasteiger partial charge on any atom is -0.338 e. The van der Waals surface area contributed by atoms with Gasteiger partial charge in [-0.25, -0.2) is 4.98 Å². The van der Waals surface area contributed by atoms with Crippen molar-refractivity contribution in [2.24, 2.45) is 12.8 Å². The lowest BCUT2D eigenvalue weighted by Crippen LogP contribution is -2.43. The third-order valence-corrected chi connectivity index (χ3v) is 4.06. The van der Waals surface area contributed by atoms with E-state index >= 15 is 0 Å². The van der Waals surface area contributed by atoms with Crippen molar-refractivity contribution in [1.82, 2.24) is 9.55 Å². The van der Waals surface area contributed by atoms with Gasteiger partial charge < -0.3 is 10.3 Å². The summed E-state index contributed by atoms with van der Waals surface area (Å²) < 4.78 is 2.06. The molecule has 1 aliphatic rings. The predicted octanol–water partition coefficient (Wildman–Crippen LogP) is 2.35. The zero-order valence-corrected chi connectivity index (χ0v) is 10.8. The van der Waals surface area contributed by atoms with Crippen LogP contribution < -0.4 is 5.73 Å². The second-order valence-electron chi connectivity index (χ2n) is 5.34. The number of nitrogens with two attached hydrogens (primary N) is 1. The van der Waals surface area contributed by atoms with Crippen molar-refractivity contribution >= 4 is 0 Å². The Labute approximate surface area is 108 Å². The van der Waals surface area contributed by atoms with Crippen LogP contribution in [0.15, 0.2) is 36.7 Å². The van der Waals surface area contributed by atoms with Gasteiger partial charge >= 0.3 is 0 Å². The lowest BCUT2D eigenvalue weighted by atomic mass is 9.72. The normalized spacial score (nSPS) is 17.4. The van der Waals surface area contributed by atoms with E-state index in [1.807, 2.05) is 19.4 Å². The average Bonchev–Trinajstić information content (AvgIpc) is 2.73. The fourth-order valence-corrected chi connectivity index (χ4v) is 2.55. The minimum atomic E-state index is -0.0538. The summed E-state index contributed by atoms with van der Waals surface area (Å²) in [6, 6.07) is 8.71. The molecule has 0 amide bonds. The molecule has 0 unspecified atom stereocenters. The summed E-state index contributed by atoms with van der Waals surface area (Å²) in [4.78, 5) is 4.35. The van der Waals surface area contributed by atoms with Gasteiger partial charge in [-0.05, 0) is 30.4 Å². The van der Waals surface area contributed by atoms with Gasteiger partial charge in [0.2, 0.25) is 0 Å². The molecule has 3 nitrogen and oxygen atoms in total. The van der Waals surface area contributed by atoms with E-state index in [2.05, 4.69) is 33.8 Å². The van der Waals surface area contributed by atoms with Crippen LogP contribution in [0.25, 0.3) is 0 Å². The Morgan fingerprint density at radius 3 is 2.50 bits per heavy atom. The monoisotopic (exact) mass is 241 g/mol. The first-order chi connectivity index (χ1) is 8.67. The number of rotatable bonds is 3. The molecular weight excluding hydrogens is 222 g/mol. The van der Waals surface area contributed by atoms with Crippen molar-refractivity contribution in [3.05, 3.63) is 53.6 Å². The van der Waals surface area contributed by atoms with Crippen LogP contribution in [-0.2, 0) is 19.0 Å². The van der Waals surface area contributed by atoms with Crippen LogP contribution in [0.2, 0.25) is 0 Å². The Bertz CT molecular complexity index is 535. The molecule has 3 heteroatoms. The fraction of sp³-hybridized carbons (Fsp3) is 0.400. The molecule has 0 atom stereocenters. The predicted molar refractivity (Wildman–Crippen MR) is 72.2 cm³/mol. The smallest absolute Gasteiger partial charge is 0.112 e. The van der Waals surface area contributed by atoms with Crippen molar-refractivity contribution in [2.45, 2.75) is 31.2 Å². The van der Waals surface area contributed by atoms with Gasteiger partial charge in [-0.2, -0.15) is 0 Å². The molecule has 0 spiro atoms. The van der Waals surface area contributed by atoms with E-state index in [0.717, 1.165) is 25.1 Å². The van der Waals surface area contributed by atoms with E-state index in [4.69, 9.17) is 5.73 Å². The Morgan fingerprint density at radius 1 is 1.28 bits per heavy atom. The summed E-state index contributed by atoms with van der Waals surface area (Å²) in [6.07, 6.45) is 8.18. The fourth-order valence-electron chi connectivity index (χ4n) is 2.55. The van der Waals surface area contributed by atoms with E-state index < -0.39 is 0 Å². The van der Waals surface area contributed by atoms with E-state index in [-0.39, 0.29) is 5.54 Å². The maximum absolute atomic E-state index is 6.32. The number of benzene rings is 1. The van der Waals surface area contributed by atoms with Crippen molar-refractivity contribution < 1.29 is 0 Å². The summed E-state index contributed by atoms with van der Waals surface area (Å²) in [7, 11) is 2.03. The van der Waals surface area contributed by atoms with Crippen LogP contribution in [0.1, 0.15) is 36.2 Å². The Kier molecular flexibility index (Phi) is 2.71. The molecule has 1 heterocycles. The molecule has 1 aliphatic carbocycles. The standard InChI is InChI=1S/C15H19N3/c1-18-10-9-17-14(18)11-12-3-5-13(6-4-12)15(16)7-2-8-15/h3-6,9-10H,2,7-8,11,16H2,1H3. The van der Waals surface area contributed by atoms with Gasteiger partial charge in [0, 0.05) is 31.4 Å². The average molecular weight is 241 g/mol. The molecule has 18 heavy (non-hydrogen) atoms. The Morgan fingerprint density at radius 2 is 2.00 bits per heavy atom. The van der Waals surface area contributed by atoms with Gasteiger partial charge in [-0.3, -0.25) is 0 Å². The van der Waals surface area contributed by atoms with Gasteiger partial charge in [-0.1, -0.05) is 24.3 Å². The van der Waals surface area contributed by atoms with Crippen molar-refractivity contribution in [3.8, 4) is 0 Å². The van der Waals surface area contributed by atoms with E-state index in [0.29, 0.717) is 0 Å². The van der Waals surface area contributed by atoms with Gasteiger partial charge in [0.15, 0.2) is 0 Å². The Balaban J connectivity index is 1.77. The van der Waals surface area contributed by atoms with Crippen LogP contribution in [0, 0.1) is 0 Å². The molecule has 2 N–H and O–H groups in total. The second-order valence-corrected chi connectivity index (χ2v) is 5.34. The quantitative estimate of drug-likeness (QED) is 0.896. The SMILES string of the molecule is Cn1ccnc1Cc1ccc(C2(N)CCC2)cc1. The molecule has 1 aromatic carbocycles. The highest BCUT2D eigenvalue weighted by Crippen LogP contribution is 2.38. The molecular formula is C15H19N3. The van der Waals surface area contributed by atoms with Gasteiger partial charge in [-0.15, -0.1) is 0 Å². The highest BCUT2D eigenvalue weighted by atomic mass is 15.0. The maximum atomic E-state index is 6.32. The molecule has 1 aromatic heterocycles. The molecule has 94 valence electrons. The molecule has 1 saturated carbocycles.